The van der Waals surface area contributed by atoms with Gasteiger partial charge in [-0.25, -0.2) is 9.97 Å². The number of nitrogen functional groups attached to an aromatic ring is 1. The summed E-state index contributed by atoms with van der Waals surface area (Å²) in [5.74, 6) is 1.23. The van der Waals surface area contributed by atoms with Gasteiger partial charge >= 0.3 is 0 Å². The van der Waals surface area contributed by atoms with Crippen LogP contribution in [0.5, 0.6) is 0 Å². The molecule has 1 amide bonds. The van der Waals surface area contributed by atoms with E-state index in [1.165, 1.54) is 28.6 Å². The molecule has 0 aromatic carbocycles. The van der Waals surface area contributed by atoms with Crippen molar-refractivity contribution in [1.29, 1.82) is 0 Å². The molecular weight excluding hydrogens is 316 g/mol. The van der Waals surface area contributed by atoms with Crippen LogP contribution in [-0.2, 0) is 17.6 Å². The molecule has 3 N–H and O–H groups in total. The third kappa shape index (κ3) is 2.79. The largest absolute Gasteiger partial charge is 0.383 e. The van der Waals surface area contributed by atoms with Crippen molar-refractivity contribution in [3.63, 3.8) is 0 Å². The zero-order valence-corrected chi connectivity index (χ0v) is 14.6. The molecule has 2 atom stereocenters. The lowest BCUT2D eigenvalue weighted by Gasteiger charge is -2.17. The highest BCUT2D eigenvalue weighted by atomic mass is 32.2. The summed E-state index contributed by atoms with van der Waals surface area (Å²) in [4.78, 5) is 23.0. The highest BCUT2D eigenvalue weighted by Crippen LogP contribution is 2.40. The van der Waals surface area contributed by atoms with Crippen LogP contribution in [0.4, 0.5) is 5.82 Å². The van der Waals surface area contributed by atoms with E-state index < -0.39 is 0 Å². The van der Waals surface area contributed by atoms with Gasteiger partial charge in [-0.3, -0.25) is 4.79 Å². The summed E-state index contributed by atoms with van der Waals surface area (Å²) in [6.45, 7) is 4.13. The topological polar surface area (TPSA) is 80.9 Å². The van der Waals surface area contributed by atoms with Gasteiger partial charge in [0, 0.05) is 11.9 Å². The Morgan fingerprint density at radius 2 is 2.27 bits per heavy atom. The average Bonchev–Trinajstić information content (AvgIpc) is 2.83. The number of fused-ring (bicyclic) bond motifs is 3. The van der Waals surface area contributed by atoms with Crippen LogP contribution >= 0.6 is 23.1 Å². The van der Waals surface area contributed by atoms with Crippen molar-refractivity contribution >= 4 is 45.0 Å². The number of nitrogens with two attached hydrogens (primary N) is 1. The fourth-order valence-corrected chi connectivity index (χ4v) is 5.10. The van der Waals surface area contributed by atoms with Crippen molar-refractivity contribution in [2.45, 2.75) is 43.5 Å². The van der Waals surface area contributed by atoms with E-state index >= 15 is 0 Å². The molecule has 1 aliphatic rings. The van der Waals surface area contributed by atoms with E-state index in [0.29, 0.717) is 11.0 Å². The lowest BCUT2D eigenvalue weighted by molar-refractivity contribution is -0.119. The maximum atomic E-state index is 11.6. The fraction of sp³-hybridized carbons (Fsp3) is 0.533. The van der Waals surface area contributed by atoms with Gasteiger partial charge in [0.15, 0.2) is 5.16 Å². The zero-order chi connectivity index (χ0) is 15.9. The number of thioether (sulfide) groups is 1. The van der Waals surface area contributed by atoms with E-state index in [1.807, 2.05) is 6.92 Å². The normalized spacial score (nSPS) is 19.0. The minimum atomic E-state index is -0.239. The van der Waals surface area contributed by atoms with Crippen molar-refractivity contribution in [2.24, 2.45) is 5.92 Å². The molecule has 5 nitrogen and oxygen atoms in total. The highest BCUT2D eigenvalue weighted by Gasteiger charge is 2.24. The Kier molecular flexibility index (Phi) is 4.27. The molecule has 2 aromatic heterocycles. The van der Waals surface area contributed by atoms with Crippen molar-refractivity contribution in [3.8, 4) is 0 Å². The Labute approximate surface area is 138 Å². The number of nitrogens with zero attached hydrogens (tertiary/aromatic N) is 2. The smallest absolute Gasteiger partial charge is 0.233 e. The second kappa shape index (κ2) is 6.04. The summed E-state index contributed by atoms with van der Waals surface area (Å²) < 4.78 is 0. The van der Waals surface area contributed by atoms with Crippen LogP contribution in [0.1, 0.15) is 30.7 Å². The molecule has 0 saturated heterocycles. The van der Waals surface area contributed by atoms with Gasteiger partial charge in [0.1, 0.15) is 10.6 Å². The number of carbonyl (C=O) groups is 1. The summed E-state index contributed by atoms with van der Waals surface area (Å²) in [5.41, 5.74) is 7.53. The monoisotopic (exact) mass is 336 g/mol. The Balaban J connectivity index is 1.97. The van der Waals surface area contributed by atoms with E-state index in [9.17, 15) is 4.79 Å². The van der Waals surface area contributed by atoms with Crippen molar-refractivity contribution in [2.75, 3.05) is 12.8 Å². The Bertz CT molecular complexity index is 728. The van der Waals surface area contributed by atoms with E-state index in [2.05, 4.69) is 22.2 Å². The lowest BCUT2D eigenvalue weighted by Crippen LogP contribution is -2.27. The fourth-order valence-electron chi connectivity index (χ4n) is 2.82. The third-order valence-electron chi connectivity index (χ3n) is 4.06. The van der Waals surface area contributed by atoms with Crippen molar-refractivity contribution < 1.29 is 4.79 Å². The molecule has 2 aromatic rings. The van der Waals surface area contributed by atoms with Crippen LogP contribution in [0, 0.1) is 5.92 Å². The first kappa shape index (κ1) is 15.6. The maximum Gasteiger partial charge on any atom is 0.233 e. The van der Waals surface area contributed by atoms with Gasteiger partial charge in [0.05, 0.1) is 10.6 Å². The minimum absolute atomic E-state index is 0.0356. The first-order valence-electron chi connectivity index (χ1n) is 7.45. The molecule has 0 bridgehead atoms. The molecule has 22 heavy (non-hydrogen) atoms. The number of hydrogen-bond acceptors (Lipinski definition) is 6. The van der Waals surface area contributed by atoms with E-state index in [1.54, 1.807) is 18.4 Å². The molecule has 7 heteroatoms. The van der Waals surface area contributed by atoms with Crippen molar-refractivity contribution in [1.82, 2.24) is 15.3 Å². The molecule has 2 heterocycles. The number of hydrogen-bond donors (Lipinski definition) is 2. The van der Waals surface area contributed by atoms with Gasteiger partial charge in [-0.05, 0) is 37.7 Å². The van der Waals surface area contributed by atoms with Gasteiger partial charge in [0.25, 0.3) is 0 Å². The molecule has 3 rings (SSSR count). The number of aryl methyl sites for hydroxylation is 1. The molecule has 0 saturated carbocycles. The van der Waals surface area contributed by atoms with E-state index in [-0.39, 0.29) is 11.2 Å². The number of thiophene rings is 1. The van der Waals surface area contributed by atoms with Crippen LogP contribution in [0.3, 0.4) is 0 Å². The lowest BCUT2D eigenvalue weighted by atomic mass is 9.89. The van der Waals surface area contributed by atoms with Gasteiger partial charge < -0.3 is 11.1 Å². The molecule has 0 aliphatic heterocycles. The number of nitrogens with one attached hydrogen (secondary N) is 1. The van der Waals surface area contributed by atoms with Gasteiger partial charge in [-0.2, -0.15) is 0 Å². The molecule has 0 fully saturated rings. The first-order valence-corrected chi connectivity index (χ1v) is 9.15. The third-order valence-corrected chi connectivity index (χ3v) is 6.17. The second-order valence-electron chi connectivity index (χ2n) is 5.80. The minimum Gasteiger partial charge on any atom is -0.383 e. The molecule has 0 radical (unpaired) electrons. The van der Waals surface area contributed by atoms with Gasteiger partial charge in [-0.1, -0.05) is 18.7 Å². The van der Waals surface area contributed by atoms with Gasteiger partial charge in [-0.15, -0.1) is 11.3 Å². The Morgan fingerprint density at radius 1 is 1.50 bits per heavy atom. The first-order chi connectivity index (χ1) is 10.5. The summed E-state index contributed by atoms with van der Waals surface area (Å²) in [5, 5.41) is 4.01. The van der Waals surface area contributed by atoms with E-state index in [0.717, 1.165) is 29.0 Å². The quantitative estimate of drug-likeness (QED) is 0.665. The second-order valence-corrected chi connectivity index (χ2v) is 8.19. The predicted molar refractivity (Wildman–Crippen MR) is 92.4 cm³/mol. The molecule has 0 spiro atoms. The maximum absolute atomic E-state index is 11.6. The van der Waals surface area contributed by atoms with Crippen LogP contribution in [0.15, 0.2) is 5.16 Å². The summed E-state index contributed by atoms with van der Waals surface area (Å²) in [7, 11) is 1.63. The van der Waals surface area contributed by atoms with Gasteiger partial charge in [0.2, 0.25) is 5.91 Å². The molecular formula is C15H20N4OS2. The molecule has 2 unspecified atom stereocenters. The van der Waals surface area contributed by atoms with Crippen molar-refractivity contribution in [3.05, 3.63) is 10.4 Å². The summed E-state index contributed by atoms with van der Waals surface area (Å²) >= 11 is 3.07. The summed E-state index contributed by atoms with van der Waals surface area (Å²) in [6.07, 6.45) is 3.36. The standard InChI is InChI=1S/C15H20N4OS2/c1-7-4-5-9-10(6-7)22-14-11(9)12(16)18-15(19-14)21-8(2)13(20)17-3/h7-8H,4-6H2,1-3H3,(H,17,20)(H2,16,18,19). The SMILES string of the molecule is CNC(=O)C(C)Sc1nc(N)c2c3c(sc2n1)CC(C)CC3. The van der Waals surface area contributed by atoms with E-state index in [4.69, 9.17) is 5.73 Å². The molecule has 1 aliphatic carbocycles. The van der Waals surface area contributed by atoms with Crippen LogP contribution < -0.4 is 11.1 Å². The Morgan fingerprint density at radius 3 is 3.00 bits per heavy atom. The predicted octanol–water partition coefficient (Wildman–Crippen LogP) is 2.62. The number of carbonyl (C=O) groups excluding carboxylic acids is 1. The highest BCUT2D eigenvalue weighted by molar-refractivity contribution is 8.00. The molecule has 118 valence electrons. The van der Waals surface area contributed by atoms with Crippen LogP contribution in [0.2, 0.25) is 0 Å². The zero-order valence-electron chi connectivity index (χ0n) is 13.0. The number of anilines is 1. The van der Waals surface area contributed by atoms with Crippen LogP contribution in [0.25, 0.3) is 10.2 Å². The number of aromatic nitrogens is 2. The number of amides is 1. The Hall–Kier alpha value is -1.34. The average molecular weight is 336 g/mol. The summed E-state index contributed by atoms with van der Waals surface area (Å²) in [6, 6.07) is 0. The van der Waals surface area contributed by atoms with Crippen LogP contribution in [-0.4, -0.2) is 28.2 Å². The number of rotatable bonds is 3.